The third-order valence-corrected chi connectivity index (χ3v) is 5.25. The maximum absolute atomic E-state index is 5.99. The molecule has 2 fully saturated rings. The zero-order valence-corrected chi connectivity index (χ0v) is 12.6. The minimum absolute atomic E-state index is 0.382. The van der Waals surface area contributed by atoms with Gasteiger partial charge in [0.15, 0.2) is 0 Å². The lowest BCUT2D eigenvalue weighted by Gasteiger charge is -2.58. The monoisotopic (exact) mass is 278 g/mol. The maximum Gasteiger partial charge on any atom is 0.146 e. The van der Waals surface area contributed by atoms with Gasteiger partial charge in [0.2, 0.25) is 0 Å². The van der Waals surface area contributed by atoms with Gasteiger partial charge in [-0.05, 0) is 26.2 Å². The van der Waals surface area contributed by atoms with Gasteiger partial charge in [0.05, 0.1) is 12.6 Å². The van der Waals surface area contributed by atoms with E-state index in [4.69, 9.17) is 4.74 Å². The summed E-state index contributed by atoms with van der Waals surface area (Å²) in [6.07, 6.45) is 10.1. The van der Waals surface area contributed by atoms with E-state index in [0.717, 1.165) is 25.4 Å². The molecule has 1 heterocycles. The fourth-order valence-corrected chi connectivity index (χ4v) is 4.03. The average Bonchev–Trinajstić information content (AvgIpc) is 2.88. The maximum atomic E-state index is 5.99. The predicted molar refractivity (Wildman–Crippen MR) is 77.2 cm³/mol. The minimum atomic E-state index is 0.382. The third kappa shape index (κ3) is 2.37. The van der Waals surface area contributed by atoms with Crippen LogP contribution in [0.2, 0.25) is 0 Å². The molecule has 5 heteroatoms. The van der Waals surface area contributed by atoms with Gasteiger partial charge in [-0.3, -0.25) is 0 Å². The summed E-state index contributed by atoms with van der Waals surface area (Å²) < 4.78 is 7.97. The number of rotatable bonds is 5. The zero-order chi connectivity index (χ0) is 14.0. The van der Waals surface area contributed by atoms with E-state index in [2.05, 4.69) is 22.4 Å². The summed E-state index contributed by atoms with van der Waals surface area (Å²) >= 11 is 0. The van der Waals surface area contributed by atoms with Crippen LogP contribution in [0.5, 0.6) is 0 Å². The molecule has 0 saturated heterocycles. The van der Waals surface area contributed by atoms with Crippen LogP contribution in [0.4, 0.5) is 0 Å². The van der Waals surface area contributed by atoms with Crippen molar-refractivity contribution in [2.75, 3.05) is 6.61 Å². The summed E-state index contributed by atoms with van der Waals surface area (Å²) in [5.74, 6) is 1.01. The molecule has 0 aliphatic heterocycles. The van der Waals surface area contributed by atoms with Gasteiger partial charge in [-0.2, -0.15) is 0 Å². The molecule has 3 rings (SSSR count). The van der Waals surface area contributed by atoms with Crippen molar-refractivity contribution in [1.82, 2.24) is 20.1 Å². The first-order chi connectivity index (χ1) is 9.76. The molecule has 2 aliphatic rings. The first kappa shape index (κ1) is 14.0. The summed E-state index contributed by atoms with van der Waals surface area (Å²) in [7, 11) is 2.00. The third-order valence-electron chi connectivity index (χ3n) is 5.25. The Kier molecular flexibility index (Phi) is 4.08. The van der Waals surface area contributed by atoms with Gasteiger partial charge < -0.3 is 14.6 Å². The predicted octanol–water partition coefficient (Wildman–Crippen LogP) is 2.03. The quantitative estimate of drug-likeness (QED) is 0.895. The van der Waals surface area contributed by atoms with Crippen molar-refractivity contribution in [1.29, 1.82) is 0 Å². The number of nitrogens with one attached hydrogen (secondary N) is 1. The highest BCUT2D eigenvalue weighted by molar-refractivity contribution is 5.09. The topological polar surface area (TPSA) is 52.0 Å². The smallest absolute Gasteiger partial charge is 0.146 e. The number of hydrogen-bond acceptors (Lipinski definition) is 4. The van der Waals surface area contributed by atoms with Crippen molar-refractivity contribution in [2.45, 2.75) is 64.1 Å². The lowest BCUT2D eigenvalue weighted by atomic mass is 9.55. The van der Waals surface area contributed by atoms with E-state index >= 15 is 0 Å². The van der Waals surface area contributed by atoms with Crippen LogP contribution in [-0.4, -0.2) is 33.5 Å². The Morgan fingerprint density at radius 3 is 2.85 bits per heavy atom. The van der Waals surface area contributed by atoms with E-state index in [1.54, 1.807) is 6.33 Å². The SMILES string of the molecule is CCOC1CC(NCc2nncn2C)C12CCCCC2. The molecule has 2 atom stereocenters. The van der Waals surface area contributed by atoms with Gasteiger partial charge in [0.1, 0.15) is 12.2 Å². The van der Waals surface area contributed by atoms with Crippen molar-refractivity contribution >= 4 is 0 Å². The number of aromatic nitrogens is 3. The van der Waals surface area contributed by atoms with Crippen LogP contribution in [-0.2, 0) is 18.3 Å². The van der Waals surface area contributed by atoms with E-state index in [-0.39, 0.29) is 0 Å². The van der Waals surface area contributed by atoms with Gasteiger partial charge in [0.25, 0.3) is 0 Å². The summed E-state index contributed by atoms with van der Waals surface area (Å²) in [4.78, 5) is 0. The molecule has 112 valence electrons. The van der Waals surface area contributed by atoms with Crippen molar-refractivity contribution < 1.29 is 4.74 Å². The molecule has 2 saturated carbocycles. The van der Waals surface area contributed by atoms with Crippen molar-refractivity contribution in [3.63, 3.8) is 0 Å². The Morgan fingerprint density at radius 2 is 2.20 bits per heavy atom. The van der Waals surface area contributed by atoms with Gasteiger partial charge in [-0.25, -0.2) is 0 Å². The normalized spacial score (nSPS) is 28.5. The number of nitrogens with zero attached hydrogens (tertiary/aromatic N) is 3. The summed E-state index contributed by atoms with van der Waals surface area (Å²) in [5.41, 5.74) is 0.382. The van der Waals surface area contributed by atoms with Crippen LogP contribution in [0, 0.1) is 5.41 Å². The molecule has 5 nitrogen and oxygen atoms in total. The van der Waals surface area contributed by atoms with Crippen LogP contribution in [0.3, 0.4) is 0 Å². The Balaban J connectivity index is 1.62. The molecule has 1 aromatic rings. The van der Waals surface area contributed by atoms with E-state index in [9.17, 15) is 0 Å². The van der Waals surface area contributed by atoms with Gasteiger partial charge >= 0.3 is 0 Å². The Morgan fingerprint density at radius 1 is 1.40 bits per heavy atom. The lowest BCUT2D eigenvalue weighted by molar-refractivity contribution is -0.150. The van der Waals surface area contributed by atoms with Gasteiger partial charge in [0, 0.05) is 25.1 Å². The molecule has 0 bridgehead atoms. The van der Waals surface area contributed by atoms with E-state index < -0.39 is 0 Å². The van der Waals surface area contributed by atoms with E-state index in [0.29, 0.717) is 17.6 Å². The van der Waals surface area contributed by atoms with E-state index in [1.165, 1.54) is 32.1 Å². The Labute approximate surface area is 121 Å². The standard InChI is InChI=1S/C15H26N4O/c1-3-20-13-9-12(15(13)7-5-4-6-8-15)16-10-14-18-17-11-19(14)2/h11-13,16H,3-10H2,1-2H3. The fourth-order valence-electron chi connectivity index (χ4n) is 4.03. The van der Waals surface area contributed by atoms with Gasteiger partial charge in [-0.1, -0.05) is 19.3 Å². The molecule has 1 spiro atoms. The second kappa shape index (κ2) is 5.82. The van der Waals surface area contributed by atoms with Crippen molar-refractivity contribution in [3.8, 4) is 0 Å². The fraction of sp³-hybridized carbons (Fsp3) is 0.867. The minimum Gasteiger partial charge on any atom is -0.378 e. The van der Waals surface area contributed by atoms with Crippen LogP contribution in [0.15, 0.2) is 6.33 Å². The Bertz CT molecular complexity index is 439. The summed E-state index contributed by atoms with van der Waals surface area (Å²) in [6, 6.07) is 0.580. The first-order valence-corrected chi connectivity index (χ1v) is 7.94. The van der Waals surface area contributed by atoms with Gasteiger partial charge in [-0.15, -0.1) is 10.2 Å². The molecule has 0 amide bonds. The molecule has 20 heavy (non-hydrogen) atoms. The van der Waals surface area contributed by atoms with Crippen molar-refractivity contribution in [3.05, 3.63) is 12.2 Å². The molecule has 2 aliphatic carbocycles. The highest BCUT2D eigenvalue weighted by Gasteiger charge is 2.55. The number of ether oxygens (including phenoxy) is 1. The van der Waals surface area contributed by atoms with E-state index in [1.807, 2.05) is 11.6 Å². The summed E-state index contributed by atoms with van der Waals surface area (Å²) in [5, 5.41) is 11.8. The van der Waals surface area contributed by atoms with Crippen LogP contribution in [0.25, 0.3) is 0 Å². The lowest BCUT2D eigenvalue weighted by Crippen LogP contribution is -2.64. The van der Waals surface area contributed by atoms with Crippen LogP contribution >= 0.6 is 0 Å². The molecule has 1 N–H and O–H groups in total. The highest BCUT2D eigenvalue weighted by Crippen LogP contribution is 2.53. The molecule has 2 unspecified atom stereocenters. The second-order valence-corrected chi connectivity index (χ2v) is 6.27. The number of aryl methyl sites for hydroxylation is 1. The molecular formula is C15H26N4O. The largest absolute Gasteiger partial charge is 0.378 e. The highest BCUT2D eigenvalue weighted by atomic mass is 16.5. The van der Waals surface area contributed by atoms with Crippen molar-refractivity contribution in [2.24, 2.45) is 12.5 Å². The Hall–Kier alpha value is -0.940. The number of hydrogen-bond donors (Lipinski definition) is 1. The van der Waals surface area contributed by atoms with Crippen LogP contribution < -0.4 is 5.32 Å². The molecular weight excluding hydrogens is 252 g/mol. The first-order valence-electron chi connectivity index (χ1n) is 7.94. The molecule has 1 aromatic heterocycles. The average molecular weight is 278 g/mol. The van der Waals surface area contributed by atoms with Crippen LogP contribution in [0.1, 0.15) is 51.3 Å². The molecule has 0 aromatic carbocycles. The summed E-state index contributed by atoms with van der Waals surface area (Å²) in [6.45, 7) is 3.75. The zero-order valence-electron chi connectivity index (χ0n) is 12.6. The molecule has 0 radical (unpaired) electrons. The second-order valence-electron chi connectivity index (χ2n) is 6.27.